The lowest BCUT2D eigenvalue weighted by Gasteiger charge is -2.27. The fraction of sp³-hybridized carbons (Fsp3) is 0.375. The molecular formula is C16H19N3OS. The van der Waals surface area contributed by atoms with Crippen LogP contribution in [0.5, 0.6) is 0 Å². The molecule has 0 aromatic carbocycles. The fourth-order valence-corrected chi connectivity index (χ4v) is 3.92. The third-order valence-electron chi connectivity index (χ3n) is 3.89. The number of nitrogens with zero attached hydrogens (tertiary/aromatic N) is 2. The van der Waals surface area contributed by atoms with E-state index in [1.54, 1.807) is 18.3 Å². The summed E-state index contributed by atoms with van der Waals surface area (Å²) in [6.45, 7) is 4.49. The van der Waals surface area contributed by atoms with Crippen LogP contribution in [-0.4, -0.2) is 29.3 Å². The molecule has 21 heavy (non-hydrogen) atoms. The van der Waals surface area contributed by atoms with E-state index in [9.17, 15) is 4.79 Å². The minimum absolute atomic E-state index is 0.188. The second-order valence-electron chi connectivity index (χ2n) is 5.37. The van der Waals surface area contributed by atoms with E-state index in [1.807, 2.05) is 24.7 Å². The van der Waals surface area contributed by atoms with E-state index >= 15 is 0 Å². The van der Waals surface area contributed by atoms with Crippen molar-refractivity contribution in [2.45, 2.75) is 26.4 Å². The number of hydrogen-bond acceptors (Lipinski definition) is 5. The zero-order valence-electron chi connectivity index (χ0n) is 12.3. The zero-order valence-corrected chi connectivity index (χ0v) is 13.2. The summed E-state index contributed by atoms with van der Waals surface area (Å²) in [6, 6.07) is 4.12. The van der Waals surface area contributed by atoms with Crippen molar-refractivity contribution in [3.8, 4) is 0 Å². The lowest BCUT2D eigenvalue weighted by atomic mass is 10.0. The van der Waals surface area contributed by atoms with E-state index in [0.29, 0.717) is 0 Å². The van der Waals surface area contributed by atoms with Gasteiger partial charge in [-0.3, -0.25) is 9.69 Å². The summed E-state index contributed by atoms with van der Waals surface area (Å²) in [4.78, 5) is 19.7. The molecule has 1 N–H and O–H groups in total. The Morgan fingerprint density at radius 2 is 2.33 bits per heavy atom. The number of anilines is 1. The number of Topliss-reactive ketones (excluding diaryl/α,β-unsaturated/α-hetero) is 1. The highest BCUT2D eigenvalue weighted by Crippen LogP contribution is 2.29. The maximum atomic E-state index is 11.6. The van der Waals surface area contributed by atoms with Crippen LogP contribution in [0.3, 0.4) is 0 Å². The van der Waals surface area contributed by atoms with Crippen molar-refractivity contribution < 1.29 is 4.79 Å². The quantitative estimate of drug-likeness (QED) is 0.882. The summed E-state index contributed by atoms with van der Waals surface area (Å²) in [5, 5.41) is 5.04. The number of carbonyl (C=O) groups excluding carboxylic acids is 1. The number of nitrogens with one attached hydrogen (secondary N) is 1. The summed E-state index contributed by atoms with van der Waals surface area (Å²) in [7, 11) is 1.87. The molecule has 0 spiro atoms. The first kappa shape index (κ1) is 14.2. The first-order chi connectivity index (χ1) is 10.2. The highest BCUT2D eigenvalue weighted by atomic mass is 32.1. The molecule has 0 unspecified atom stereocenters. The van der Waals surface area contributed by atoms with E-state index in [2.05, 4.69) is 21.3 Å². The van der Waals surface area contributed by atoms with Gasteiger partial charge in [0.2, 0.25) is 0 Å². The van der Waals surface area contributed by atoms with Crippen LogP contribution in [0.15, 0.2) is 23.7 Å². The zero-order chi connectivity index (χ0) is 14.8. The van der Waals surface area contributed by atoms with Crippen LogP contribution in [0.2, 0.25) is 0 Å². The Hall–Kier alpha value is -1.72. The average molecular weight is 301 g/mol. The first-order valence-corrected chi connectivity index (χ1v) is 8.00. The van der Waals surface area contributed by atoms with Gasteiger partial charge in [-0.05, 0) is 30.5 Å². The Labute approximate surface area is 128 Å². The molecule has 0 atom stereocenters. The molecule has 5 heteroatoms. The molecule has 3 rings (SSSR count). The second-order valence-corrected chi connectivity index (χ2v) is 6.33. The molecule has 0 saturated carbocycles. The first-order valence-electron chi connectivity index (χ1n) is 7.12. The molecule has 0 saturated heterocycles. The van der Waals surface area contributed by atoms with Gasteiger partial charge in [0.05, 0.1) is 0 Å². The molecule has 1 aliphatic rings. The molecule has 3 heterocycles. The van der Waals surface area contributed by atoms with Crippen molar-refractivity contribution in [1.29, 1.82) is 0 Å². The molecule has 110 valence electrons. The molecule has 0 aliphatic carbocycles. The molecule has 0 fully saturated rings. The summed E-state index contributed by atoms with van der Waals surface area (Å²) < 4.78 is 0. The van der Waals surface area contributed by atoms with E-state index < -0.39 is 0 Å². The predicted molar refractivity (Wildman–Crippen MR) is 85.9 cm³/mol. The number of ketones is 1. The van der Waals surface area contributed by atoms with Gasteiger partial charge in [-0.25, -0.2) is 4.98 Å². The largest absolute Gasteiger partial charge is 0.373 e. The van der Waals surface area contributed by atoms with Crippen molar-refractivity contribution in [2.24, 2.45) is 0 Å². The Bertz CT molecular complexity index is 648. The molecule has 0 radical (unpaired) electrons. The normalized spacial score (nSPS) is 14.8. The average Bonchev–Trinajstić information content (AvgIpc) is 2.91. The highest BCUT2D eigenvalue weighted by Gasteiger charge is 2.22. The van der Waals surface area contributed by atoms with Crippen LogP contribution >= 0.6 is 11.3 Å². The van der Waals surface area contributed by atoms with Crippen LogP contribution in [0.1, 0.15) is 33.3 Å². The number of hydrogen-bond donors (Lipinski definition) is 1. The van der Waals surface area contributed by atoms with Gasteiger partial charge >= 0.3 is 0 Å². The molecule has 1 aliphatic heterocycles. The third kappa shape index (κ3) is 2.99. The second kappa shape index (κ2) is 5.95. The molecule has 0 amide bonds. The maximum absolute atomic E-state index is 11.6. The number of carbonyl (C=O) groups is 1. The minimum Gasteiger partial charge on any atom is -0.373 e. The van der Waals surface area contributed by atoms with Crippen molar-refractivity contribution in [3.05, 3.63) is 45.3 Å². The number of fused-ring (bicyclic) bond motifs is 1. The Morgan fingerprint density at radius 3 is 3.00 bits per heavy atom. The molecule has 2 aromatic heterocycles. The van der Waals surface area contributed by atoms with E-state index in [0.717, 1.165) is 37.4 Å². The predicted octanol–water partition coefficient (Wildman–Crippen LogP) is 2.95. The fourth-order valence-electron chi connectivity index (χ4n) is 2.74. The van der Waals surface area contributed by atoms with Gasteiger partial charge in [-0.2, -0.15) is 0 Å². The topological polar surface area (TPSA) is 45.2 Å². The molecule has 2 aromatic rings. The van der Waals surface area contributed by atoms with Crippen molar-refractivity contribution in [2.75, 3.05) is 18.9 Å². The molecule has 0 bridgehead atoms. The van der Waals surface area contributed by atoms with Crippen molar-refractivity contribution >= 4 is 22.9 Å². The van der Waals surface area contributed by atoms with E-state index in [4.69, 9.17) is 0 Å². The smallest absolute Gasteiger partial charge is 0.160 e. The SMILES string of the molecule is CNc1ccc(CN2CCc3c(C(C)=O)csc3C2)cn1. The van der Waals surface area contributed by atoms with Crippen LogP contribution < -0.4 is 5.32 Å². The lowest BCUT2D eigenvalue weighted by molar-refractivity contribution is 0.101. The summed E-state index contributed by atoms with van der Waals surface area (Å²) in [5.41, 5.74) is 3.42. The lowest BCUT2D eigenvalue weighted by Crippen LogP contribution is -2.29. The Morgan fingerprint density at radius 1 is 1.48 bits per heavy atom. The van der Waals surface area contributed by atoms with E-state index in [-0.39, 0.29) is 5.78 Å². The Balaban J connectivity index is 1.70. The summed E-state index contributed by atoms with van der Waals surface area (Å²) >= 11 is 1.71. The Kier molecular flexibility index (Phi) is 4.03. The maximum Gasteiger partial charge on any atom is 0.160 e. The van der Waals surface area contributed by atoms with Gasteiger partial charge in [0, 0.05) is 48.7 Å². The standard InChI is InChI=1S/C16H19N3OS/c1-11(20)14-10-21-15-9-19(6-5-13(14)15)8-12-3-4-16(17-2)18-7-12/h3-4,7,10H,5-6,8-9H2,1-2H3,(H,17,18). The molecular weight excluding hydrogens is 282 g/mol. The third-order valence-corrected chi connectivity index (χ3v) is 4.91. The van der Waals surface area contributed by atoms with Crippen LogP contribution in [-0.2, 0) is 19.5 Å². The number of pyridine rings is 1. The van der Waals surface area contributed by atoms with Gasteiger partial charge in [0.15, 0.2) is 5.78 Å². The molecule has 4 nitrogen and oxygen atoms in total. The van der Waals surface area contributed by atoms with E-state index in [1.165, 1.54) is 16.0 Å². The summed E-state index contributed by atoms with van der Waals surface area (Å²) in [6.07, 6.45) is 2.90. The number of rotatable bonds is 4. The van der Waals surface area contributed by atoms with Crippen LogP contribution in [0.4, 0.5) is 5.82 Å². The van der Waals surface area contributed by atoms with Crippen molar-refractivity contribution in [1.82, 2.24) is 9.88 Å². The van der Waals surface area contributed by atoms with Gasteiger partial charge in [0.25, 0.3) is 0 Å². The monoisotopic (exact) mass is 301 g/mol. The highest BCUT2D eigenvalue weighted by molar-refractivity contribution is 7.10. The van der Waals surface area contributed by atoms with Crippen molar-refractivity contribution in [3.63, 3.8) is 0 Å². The van der Waals surface area contributed by atoms with Gasteiger partial charge < -0.3 is 5.32 Å². The van der Waals surface area contributed by atoms with Crippen LogP contribution in [0, 0.1) is 0 Å². The summed E-state index contributed by atoms with van der Waals surface area (Å²) in [5.74, 6) is 1.08. The van der Waals surface area contributed by atoms with Gasteiger partial charge in [-0.15, -0.1) is 11.3 Å². The van der Waals surface area contributed by atoms with Crippen LogP contribution in [0.25, 0.3) is 0 Å². The minimum atomic E-state index is 0.188. The number of thiophene rings is 1. The van der Waals surface area contributed by atoms with Gasteiger partial charge in [-0.1, -0.05) is 6.07 Å². The van der Waals surface area contributed by atoms with Gasteiger partial charge in [0.1, 0.15) is 5.82 Å². The number of aromatic nitrogens is 1.